The lowest BCUT2D eigenvalue weighted by atomic mass is 9.98. The standard InChI is InChI=1S/C43H50N10O4/c1-24(2)37(50-42-44-19-21-51(42)3)41(55)52-20-5-6-35(52)38-45-30-15-11-27(22-33(30)47-38)25-7-9-26(10-8-25)28-12-16-31-34(23-28)48-39(46-31)36-18-14-29-13-17-32(40(54)53(29)36)49-43(56)57-4/h7-12,15-16,22-24,29,32,35-37H,5-6,13-14,17-21H2,1-4H3,(H,44,50)(H,45,47)(H,46,48)(H,49,56)/t29-,32-,35-,36-,37-/m0/s1. The van der Waals surface area contributed by atoms with Crippen molar-refractivity contribution in [3.8, 4) is 22.3 Å². The molecule has 3 aromatic carbocycles. The summed E-state index contributed by atoms with van der Waals surface area (Å²) in [6.07, 6.45) is 4.40. The van der Waals surface area contributed by atoms with Crippen LogP contribution in [-0.4, -0.2) is 110 Å². The number of benzene rings is 3. The lowest BCUT2D eigenvalue weighted by Gasteiger charge is -2.37. The van der Waals surface area contributed by atoms with Crippen LogP contribution in [-0.2, 0) is 14.3 Å². The Morgan fingerprint density at radius 2 is 1.42 bits per heavy atom. The third kappa shape index (κ3) is 6.84. The normalized spacial score (nSPS) is 22.7. The molecule has 14 heteroatoms. The Hall–Kier alpha value is -5.92. The zero-order valence-corrected chi connectivity index (χ0v) is 32.9. The second kappa shape index (κ2) is 14.9. The van der Waals surface area contributed by atoms with E-state index in [2.05, 4.69) is 98.9 Å². The van der Waals surface area contributed by atoms with Crippen molar-refractivity contribution in [2.24, 2.45) is 10.9 Å². The highest BCUT2D eigenvalue weighted by Gasteiger charge is 2.45. The monoisotopic (exact) mass is 770 g/mol. The maximum Gasteiger partial charge on any atom is 0.407 e. The molecule has 3 saturated heterocycles. The van der Waals surface area contributed by atoms with E-state index < -0.39 is 12.1 Å². The summed E-state index contributed by atoms with van der Waals surface area (Å²) in [5.41, 5.74) is 7.90. The zero-order chi connectivity index (χ0) is 39.4. The number of likely N-dealkylation sites (N-methyl/N-ethyl adjacent to an activating group) is 1. The highest BCUT2D eigenvalue weighted by Crippen LogP contribution is 2.41. The SMILES string of the molecule is COC(=O)N[C@H]1CC[C@H]2CC[C@@H](c3nc4ccc(-c5ccc(-c6ccc7nc([C@@H]8CCCN8C(=O)[C@@H](NC8=NCCN8C)C(C)C)[nH]c7c6)cc5)cc4[nH]3)N2C1=O. The predicted molar refractivity (Wildman–Crippen MR) is 218 cm³/mol. The molecule has 9 rings (SSSR count). The molecule has 0 unspecified atom stereocenters. The second-order valence-corrected chi connectivity index (χ2v) is 16.2. The topological polar surface area (TPSA) is 164 Å². The Bertz CT molecular complexity index is 2370. The Kier molecular flexibility index (Phi) is 9.57. The molecule has 4 N–H and O–H groups in total. The number of fused-ring (bicyclic) bond motifs is 3. The maximum atomic E-state index is 14.0. The van der Waals surface area contributed by atoms with Crippen molar-refractivity contribution in [1.29, 1.82) is 0 Å². The first kappa shape index (κ1) is 36.7. The highest BCUT2D eigenvalue weighted by atomic mass is 16.5. The number of nitrogens with zero attached hydrogens (tertiary/aromatic N) is 6. The number of methoxy groups -OCH3 is 1. The van der Waals surface area contributed by atoms with Crippen LogP contribution in [0.2, 0.25) is 0 Å². The number of carbonyl (C=O) groups is 3. The second-order valence-electron chi connectivity index (χ2n) is 16.2. The van der Waals surface area contributed by atoms with Gasteiger partial charge in [-0.1, -0.05) is 50.2 Å². The van der Waals surface area contributed by atoms with E-state index >= 15 is 0 Å². The minimum atomic E-state index is -0.589. The molecule has 14 nitrogen and oxygen atoms in total. The summed E-state index contributed by atoms with van der Waals surface area (Å²) in [6, 6.07) is 20.0. The van der Waals surface area contributed by atoms with E-state index in [1.165, 1.54) is 7.11 Å². The molecule has 0 radical (unpaired) electrons. The number of piperidine rings is 1. The summed E-state index contributed by atoms with van der Waals surface area (Å²) >= 11 is 0. The fraction of sp³-hybridized carbons (Fsp3) is 0.442. The van der Waals surface area contributed by atoms with Gasteiger partial charge in [-0.2, -0.15) is 0 Å². The van der Waals surface area contributed by atoms with E-state index in [1.54, 1.807) is 0 Å². The molecule has 2 aromatic heterocycles. The molecule has 3 fully saturated rings. The number of carbonyl (C=O) groups excluding carboxylic acids is 3. The molecule has 0 bridgehead atoms. The molecule has 57 heavy (non-hydrogen) atoms. The van der Waals surface area contributed by atoms with Crippen LogP contribution < -0.4 is 10.6 Å². The van der Waals surface area contributed by atoms with Gasteiger partial charge in [-0.05, 0) is 91.0 Å². The quantitative estimate of drug-likeness (QED) is 0.152. The minimum absolute atomic E-state index is 0.0769. The van der Waals surface area contributed by atoms with Crippen molar-refractivity contribution < 1.29 is 19.1 Å². The van der Waals surface area contributed by atoms with E-state index in [0.717, 1.165) is 107 Å². The number of guanidine groups is 1. The zero-order valence-electron chi connectivity index (χ0n) is 32.9. The average molecular weight is 771 g/mol. The Balaban J connectivity index is 0.900. The Morgan fingerprint density at radius 1 is 0.807 bits per heavy atom. The number of aromatic nitrogens is 4. The Labute approximate surface area is 331 Å². The molecule has 4 aliphatic rings. The van der Waals surface area contributed by atoms with Gasteiger partial charge in [-0.25, -0.2) is 14.8 Å². The van der Waals surface area contributed by atoms with Crippen LogP contribution in [0.25, 0.3) is 44.3 Å². The smallest absolute Gasteiger partial charge is 0.407 e. The van der Waals surface area contributed by atoms with Gasteiger partial charge in [-0.15, -0.1) is 0 Å². The molecule has 0 saturated carbocycles. The minimum Gasteiger partial charge on any atom is -0.453 e. The van der Waals surface area contributed by atoms with Crippen molar-refractivity contribution in [3.05, 3.63) is 72.3 Å². The van der Waals surface area contributed by atoms with Crippen molar-refractivity contribution in [3.63, 3.8) is 0 Å². The van der Waals surface area contributed by atoms with Crippen LogP contribution in [0.4, 0.5) is 4.79 Å². The summed E-state index contributed by atoms with van der Waals surface area (Å²) in [5, 5.41) is 6.15. The summed E-state index contributed by atoms with van der Waals surface area (Å²) in [4.78, 5) is 66.9. The summed E-state index contributed by atoms with van der Waals surface area (Å²) in [5.74, 6) is 2.51. The molecule has 0 aliphatic carbocycles. The number of hydrogen-bond acceptors (Lipinski definition) is 9. The average Bonchev–Trinajstić information content (AvgIpc) is 4.07. The van der Waals surface area contributed by atoms with Crippen LogP contribution >= 0.6 is 0 Å². The third-order valence-corrected chi connectivity index (χ3v) is 12.3. The Morgan fingerprint density at radius 3 is 2.02 bits per heavy atom. The summed E-state index contributed by atoms with van der Waals surface area (Å²) in [7, 11) is 3.31. The van der Waals surface area contributed by atoms with E-state index in [0.29, 0.717) is 13.0 Å². The van der Waals surface area contributed by atoms with Crippen molar-refractivity contribution in [2.45, 2.75) is 82.6 Å². The van der Waals surface area contributed by atoms with Gasteiger partial charge in [0.1, 0.15) is 23.7 Å². The molecule has 3 amide bonds. The van der Waals surface area contributed by atoms with E-state index in [4.69, 9.17) is 14.7 Å². The number of aromatic amines is 2. The number of hydrogen-bond donors (Lipinski definition) is 4. The van der Waals surface area contributed by atoms with E-state index in [9.17, 15) is 14.4 Å². The first-order chi connectivity index (χ1) is 27.6. The first-order valence-electron chi connectivity index (χ1n) is 20.2. The lowest BCUT2D eigenvalue weighted by Crippen LogP contribution is -2.54. The van der Waals surface area contributed by atoms with Crippen LogP contribution in [0, 0.1) is 5.92 Å². The number of nitrogens with one attached hydrogen (secondary N) is 4. The van der Waals surface area contributed by atoms with Gasteiger partial charge in [0.15, 0.2) is 5.96 Å². The molecule has 5 atom stereocenters. The van der Waals surface area contributed by atoms with Crippen molar-refractivity contribution in [1.82, 2.24) is 45.3 Å². The molecule has 5 aromatic rings. The number of H-pyrrole nitrogens is 2. The molecule has 296 valence electrons. The van der Waals surface area contributed by atoms with Crippen LogP contribution in [0.5, 0.6) is 0 Å². The predicted octanol–water partition coefficient (Wildman–Crippen LogP) is 5.90. The van der Waals surface area contributed by atoms with Crippen LogP contribution in [0.15, 0.2) is 65.7 Å². The third-order valence-electron chi connectivity index (χ3n) is 12.3. The number of alkyl carbamates (subject to hydrolysis) is 1. The van der Waals surface area contributed by atoms with E-state index in [1.807, 2.05) is 22.9 Å². The molecule has 0 spiro atoms. The number of imidazole rings is 2. The lowest BCUT2D eigenvalue weighted by molar-refractivity contribution is -0.139. The van der Waals surface area contributed by atoms with Gasteiger partial charge >= 0.3 is 6.09 Å². The van der Waals surface area contributed by atoms with Gasteiger partial charge in [0.05, 0.1) is 47.8 Å². The number of likely N-dealkylation sites (tertiary alicyclic amines) is 1. The molecule has 4 aliphatic heterocycles. The summed E-state index contributed by atoms with van der Waals surface area (Å²) in [6.45, 7) is 6.46. The summed E-state index contributed by atoms with van der Waals surface area (Å²) < 4.78 is 4.75. The van der Waals surface area contributed by atoms with Crippen LogP contribution in [0.1, 0.15) is 76.1 Å². The molecular formula is C43H50N10O4. The largest absolute Gasteiger partial charge is 0.453 e. The molecular weight excluding hydrogens is 721 g/mol. The van der Waals surface area contributed by atoms with Gasteiger partial charge in [0.25, 0.3) is 0 Å². The number of aliphatic imine (C=N–C) groups is 1. The fourth-order valence-electron chi connectivity index (χ4n) is 9.19. The number of ether oxygens (including phenoxy) is 1. The highest BCUT2D eigenvalue weighted by molar-refractivity contribution is 5.91. The first-order valence-corrected chi connectivity index (χ1v) is 20.2. The van der Waals surface area contributed by atoms with Gasteiger partial charge < -0.3 is 40.0 Å². The van der Waals surface area contributed by atoms with Crippen molar-refractivity contribution in [2.75, 3.05) is 33.8 Å². The van der Waals surface area contributed by atoms with Crippen LogP contribution in [0.3, 0.4) is 0 Å². The van der Waals surface area contributed by atoms with Gasteiger partial charge in [-0.3, -0.25) is 14.6 Å². The van der Waals surface area contributed by atoms with E-state index in [-0.39, 0.29) is 41.9 Å². The van der Waals surface area contributed by atoms with Crippen molar-refractivity contribution >= 4 is 45.9 Å². The fourth-order valence-corrected chi connectivity index (χ4v) is 9.19. The maximum absolute atomic E-state index is 14.0. The van der Waals surface area contributed by atoms with Gasteiger partial charge in [0.2, 0.25) is 11.8 Å². The van der Waals surface area contributed by atoms with Gasteiger partial charge in [0, 0.05) is 26.2 Å². The number of rotatable bonds is 8. The number of amides is 3. The molecule has 6 heterocycles.